The van der Waals surface area contributed by atoms with Crippen LogP contribution in [0.4, 0.5) is 0 Å². The largest absolute Gasteiger partial charge is 0.507 e. The van der Waals surface area contributed by atoms with Crippen molar-refractivity contribution in [2.45, 2.75) is 110 Å². The van der Waals surface area contributed by atoms with Crippen LogP contribution in [-0.2, 0) is 26.1 Å². The molecule has 2 aliphatic heterocycles. The average molecular weight is 811 g/mol. The Morgan fingerprint density at radius 1 is 1.00 bits per heavy atom. The number of ketones is 1. The molecule has 0 saturated carbocycles. The maximum Gasteiger partial charge on any atom is 0.265 e. The molecule has 7 N–H and O–H groups in total. The van der Waals surface area contributed by atoms with Crippen molar-refractivity contribution >= 4 is 11.7 Å². The van der Waals surface area contributed by atoms with Crippen molar-refractivity contribution in [3.63, 3.8) is 0 Å². The van der Waals surface area contributed by atoms with Crippen LogP contribution in [0.15, 0.2) is 101 Å². The molecule has 1 aromatic heterocycles. The van der Waals surface area contributed by atoms with E-state index in [1.807, 2.05) is 26.8 Å². The highest BCUT2D eigenvalue weighted by Crippen LogP contribution is 2.44. The van der Waals surface area contributed by atoms with Gasteiger partial charge in [0.05, 0.1) is 30.3 Å². The number of aromatic hydroxyl groups is 1. The summed E-state index contributed by atoms with van der Waals surface area (Å²) in [5, 5.41) is 68.0. The highest BCUT2D eigenvalue weighted by atomic mass is 16.7. The number of pyridine rings is 1. The normalized spacial score (nSPS) is 29.9. The van der Waals surface area contributed by atoms with Crippen molar-refractivity contribution in [3.05, 3.63) is 112 Å². The van der Waals surface area contributed by atoms with Gasteiger partial charge in [0, 0.05) is 38.2 Å². The summed E-state index contributed by atoms with van der Waals surface area (Å²) >= 11 is 0. The number of carbonyl (C=O) groups excluding carboxylic acids is 2. The molecule has 1 amide bonds. The van der Waals surface area contributed by atoms with Crippen LogP contribution in [0.1, 0.15) is 65.2 Å². The molecule has 0 aliphatic carbocycles. The zero-order chi connectivity index (χ0) is 43.5. The Morgan fingerprint density at radius 3 is 2.31 bits per heavy atom. The van der Waals surface area contributed by atoms with Crippen LogP contribution < -0.4 is 10.9 Å². The lowest BCUT2D eigenvalue weighted by atomic mass is 9.71. The van der Waals surface area contributed by atoms with Gasteiger partial charge in [0.25, 0.3) is 5.56 Å². The first-order chi connectivity index (χ1) is 27.3. The van der Waals surface area contributed by atoms with E-state index < -0.39 is 94.9 Å². The van der Waals surface area contributed by atoms with Gasteiger partial charge in [-0.1, -0.05) is 101 Å². The molecule has 3 rings (SSSR count). The number of hydrogen-bond donors (Lipinski definition) is 7. The van der Waals surface area contributed by atoms with Crippen LogP contribution >= 0.6 is 0 Å². The third-order valence-corrected chi connectivity index (χ3v) is 11.0. The van der Waals surface area contributed by atoms with Crippen molar-refractivity contribution in [2.75, 3.05) is 13.7 Å². The average Bonchev–Trinajstić information content (AvgIpc) is 3.46. The minimum atomic E-state index is -2.34. The summed E-state index contributed by atoms with van der Waals surface area (Å²) in [7, 11) is 3.01. The van der Waals surface area contributed by atoms with Crippen molar-refractivity contribution < 1.29 is 54.4 Å². The number of Topliss-reactive ketones (excluding diaryl/α,β-unsaturated/α-hetero) is 1. The molecule has 0 bridgehead atoms. The van der Waals surface area contributed by atoms with E-state index in [0.717, 1.165) is 5.57 Å². The molecular formula is C44H62N2O12. The summed E-state index contributed by atoms with van der Waals surface area (Å²) in [5.41, 5.74) is -0.881. The molecule has 1 aromatic rings. The zero-order valence-corrected chi connectivity index (χ0v) is 34.9. The molecule has 3 heterocycles. The first-order valence-electron chi connectivity index (χ1n) is 19.5. The minimum absolute atomic E-state index is 0.0818. The van der Waals surface area contributed by atoms with Crippen molar-refractivity contribution in [1.29, 1.82) is 0 Å². The molecule has 14 nitrogen and oxygen atoms in total. The summed E-state index contributed by atoms with van der Waals surface area (Å²) in [5.74, 6) is -5.51. The molecule has 2 fully saturated rings. The Labute approximate surface area is 340 Å². The Balaban J connectivity index is 1.61. The molecule has 2 aliphatic rings. The van der Waals surface area contributed by atoms with Gasteiger partial charge in [0.15, 0.2) is 5.78 Å². The van der Waals surface area contributed by atoms with Gasteiger partial charge >= 0.3 is 0 Å². The van der Waals surface area contributed by atoms with Crippen LogP contribution in [0.5, 0.6) is 5.75 Å². The molecule has 0 spiro atoms. The van der Waals surface area contributed by atoms with Crippen LogP contribution in [0.3, 0.4) is 0 Å². The van der Waals surface area contributed by atoms with Crippen molar-refractivity contribution in [1.82, 2.24) is 9.88 Å². The molecule has 11 atom stereocenters. The lowest BCUT2D eigenvalue weighted by Gasteiger charge is -2.53. The number of nitrogens with zero attached hydrogens (tertiary/aromatic N) is 1. The van der Waals surface area contributed by atoms with E-state index in [4.69, 9.17) is 14.2 Å². The van der Waals surface area contributed by atoms with Gasteiger partial charge in [0.2, 0.25) is 11.7 Å². The highest BCUT2D eigenvalue weighted by molar-refractivity contribution is 6.09. The standard InChI is InChI=1S/C44H62N2O12/c1-10-12-14-22-32-43(6,7)39(51)40(52)44(55,58-32)29(11-2)41(53)45-24-18-17-20-27(4)37(56-9)28(5)38-36(50)35(49)31(57-38)21-16-13-15-19-26(3)34(48)33-30(47)23-25-46(8)42(33)54/h10,12-23,25,28-29,31-32,35-40,47,49-52,55H,11,24H2,1-9H3,(H,45,53)/b12-10+,15-13+,18-17+,21-16+,22-14+,26-19+,27-20+/t28-,29-,31-,32+,35+,36+,37-,38+,39+,40-,44-/m1/s1. The molecule has 0 radical (unpaired) electrons. The quantitative estimate of drug-likeness (QED) is 0.0687. The number of hydrogen-bond acceptors (Lipinski definition) is 12. The van der Waals surface area contributed by atoms with Crippen LogP contribution in [0, 0.1) is 17.3 Å². The smallest absolute Gasteiger partial charge is 0.265 e. The Bertz CT molecular complexity index is 1860. The van der Waals surface area contributed by atoms with Gasteiger partial charge in [-0.05, 0) is 44.4 Å². The number of methoxy groups -OCH3 is 1. The number of nitrogens with one attached hydrogen (secondary N) is 1. The first kappa shape index (κ1) is 48.1. The van der Waals surface area contributed by atoms with E-state index in [2.05, 4.69) is 5.32 Å². The van der Waals surface area contributed by atoms with Crippen LogP contribution in [-0.4, -0.2) is 115 Å². The number of aryl methyl sites for hydroxylation is 1. The molecule has 58 heavy (non-hydrogen) atoms. The maximum absolute atomic E-state index is 13.3. The number of ether oxygens (including phenoxy) is 3. The van der Waals surface area contributed by atoms with Gasteiger partial charge in [0.1, 0.15) is 35.7 Å². The molecule has 320 valence electrons. The van der Waals surface area contributed by atoms with Gasteiger partial charge in [-0.15, -0.1) is 0 Å². The number of aliphatic hydroxyl groups excluding tert-OH is 4. The van der Waals surface area contributed by atoms with E-state index in [9.17, 15) is 45.0 Å². The molecule has 2 saturated heterocycles. The minimum Gasteiger partial charge on any atom is -0.507 e. The van der Waals surface area contributed by atoms with E-state index >= 15 is 0 Å². The third kappa shape index (κ3) is 10.9. The zero-order valence-electron chi connectivity index (χ0n) is 34.9. The van der Waals surface area contributed by atoms with Crippen molar-refractivity contribution in [3.8, 4) is 5.75 Å². The fourth-order valence-electron chi connectivity index (χ4n) is 7.27. The predicted octanol–water partition coefficient (Wildman–Crippen LogP) is 3.09. The monoisotopic (exact) mass is 810 g/mol. The van der Waals surface area contributed by atoms with Gasteiger partial charge in [-0.25, -0.2) is 0 Å². The third-order valence-electron chi connectivity index (χ3n) is 11.0. The van der Waals surface area contributed by atoms with E-state index in [1.54, 1.807) is 81.5 Å². The Hall–Kier alpha value is -4.25. The second-order valence-electron chi connectivity index (χ2n) is 15.5. The second kappa shape index (κ2) is 21.1. The van der Waals surface area contributed by atoms with E-state index in [-0.39, 0.29) is 24.1 Å². The molecule has 0 unspecified atom stereocenters. The summed E-state index contributed by atoms with van der Waals surface area (Å²) in [4.78, 5) is 38.4. The summed E-state index contributed by atoms with van der Waals surface area (Å²) in [6.07, 6.45) is 13.0. The first-order valence-corrected chi connectivity index (χ1v) is 19.5. The predicted molar refractivity (Wildman–Crippen MR) is 220 cm³/mol. The number of rotatable bonds is 17. The molecule has 0 aromatic carbocycles. The van der Waals surface area contributed by atoms with E-state index in [0.29, 0.717) is 0 Å². The SMILES string of the molecule is C/C=C/C=C/[C@@H]1O[C@](O)([C@H](CC)C(=O)NC/C=C/C=C(\C)[C@@H](OC)[C@@H](C)[C@@H]2O[C@H](/C=C/C=C/C=C(\C)C(=O)c3c(O)ccn(C)c3=O)[C@H](O)[C@@H]2O)[C@H](O)[C@H](O)C1(C)C. The van der Waals surface area contributed by atoms with Gasteiger partial charge < -0.3 is 54.7 Å². The maximum atomic E-state index is 13.3. The van der Waals surface area contributed by atoms with Crippen LogP contribution in [0.2, 0.25) is 0 Å². The lowest BCUT2D eigenvalue weighted by Crippen LogP contribution is -2.69. The fourth-order valence-corrected chi connectivity index (χ4v) is 7.27. The number of carbonyl (C=O) groups is 2. The Morgan fingerprint density at radius 2 is 1.67 bits per heavy atom. The number of aromatic nitrogens is 1. The van der Waals surface area contributed by atoms with Crippen LogP contribution in [0.25, 0.3) is 0 Å². The van der Waals surface area contributed by atoms with E-state index in [1.165, 1.54) is 44.0 Å². The van der Waals surface area contributed by atoms with Crippen molar-refractivity contribution in [2.24, 2.45) is 24.3 Å². The van der Waals surface area contributed by atoms with Gasteiger partial charge in [-0.2, -0.15) is 0 Å². The highest BCUT2D eigenvalue weighted by Gasteiger charge is 2.60. The lowest BCUT2D eigenvalue weighted by molar-refractivity contribution is -0.359. The summed E-state index contributed by atoms with van der Waals surface area (Å²) < 4.78 is 19.0. The topological polar surface area (TPSA) is 217 Å². The fraction of sp³-hybridized carbons (Fsp3) is 0.523. The Kier molecular flexibility index (Phi) is 17.5. The number of amides is 1. The van der Waals surface area contributed by atoms with Gasteiger partial charge in [-0.3, -0.25) is 14.4 Å². The number of allylic oxidation sites excluding steroid dienone is 10. The summed E-state index contributed by atoms with van der Waals surface area (Å²) in [6.45, 7) is 12.2. The summed E-state index contributed by atoms with van der Waals surface area (Å²) in [6, 6.07) is 1.27. The number of aliphatic hydroxyl groups is 5. The molecule has 14 heteroatoms. The molecular weight excluding hydrogens is 748 g/mol. The second-order valence-corrected chi connectivity index (χ2v) is 15.5.